The van der Waals surface area contributed by atoms with Crippen molar-refractivity contribution in [3.8, 4) is 0 Å². The van der Waals surface area contributed by atoms with Crippen LogP contribution in [0.15, 0.2) is 12.3 Å². The summed E-state index contributed by atoms with van der Waals surface area (Å²) >= 11 is 0. The minimum Gasteiger partial charge on any atom is -0.345 e. The van der Waals surface area contributed by atoms with Crippen LogP contribution in [0.3, 0.4) is 0 Å². The number of allylic oxidation sites excluding steroid dienone is 1. The van der Waals surface area contributed by atoms with Crippen molar-refractivity contribution >= 4 is 12.3 Å². The molecule has 0 unspecified atom stereocenters. The van der Waals surface area contributed by atoms with Gasteiger partial charge in [-0.3, -0.25) is 9.59 Å². The van der Waals surface area contributed by atoms with Crippen LogP contribution in [0.4, 0.5) is 0 Å². The Kier molecular flexibility index (Phi) is 2.06. The molecule has 0 aromatic rings. The predicted octanol–water partition coefficient (Wildman–Crippen LogP) is 0.259. The van der Waals surface area contributed by atoms with Gasteiger partial charge in [0.25, 0.3) is 0 Å². The van der Waals surface area contributed by atoms with Crippen LogP contribution >= 0.6 is 0 Å². The van der Waals surface area contributed by atoms with E-state index in [4.69, 9.17) is 0 Å². The van der Waals surface area contributed by atoms with Gasteiger partial charge in [0, 0.05) is 25.2 Å². The van der Waals surface area contributed by atoms with Crippen molar-refractivity contribution in [1.82, 2.24) is 10.2 Å². The maximum Gasteiger partial charge on any atom is 0.230 e. The second-order valence-corrected chi connectivity index (χ2v) is 4.16. The van der Waals surface area contributed by atoms with Crippen LogP contribution in [0.25, 0.3) is 0 Å². The summed E-state index contributed by atoms with van der Waals surface area (Å²) in [7, 11) is 0. The van der Waals surface area contributed by atoms with Crippen LogP contribution in [-0.4, -0.2) is 30.3 Å². The molecule has 2 heterocycles. The van der Waals surface area contributed by atoms with Crippen molar-refractivity contribution in [1.29, 1.82) is 0 Å². The molecule has 0 aromatic carbocycles. The number of nitrogens with one attached hydrogen (secondary N) is 1. The number of nitrogens with zero attached hydrogens (tertiary/aromatic N) is 1. The molecule has 76 valence electrons. The fourth-order valence-corrected chi connectivity index (χ4v) is 2.29. The lowest BCUT2D eigenvalue weighted by molar-refractivity contribution is -0.132. The molecule has 2 aliphatic heterocycles. The lowest BCUT2D eigenvalue weighted by atomic mass is 9.77. The van der Waals surface area contributed by atoms with Crippen molar-refractivity contribution in [3.05, 3.63) is 12.3 Å². The Bertz CT molecular complexity index is 290. The van der Waals surface area contributed by atoms with Crippen LogP contribution < -0.4 is 5.32 Å². The molecule has 14 heavy (non-hydrogen) atoms. The molecule has 0 aromatic heterocycles. The van der Waals surface area contributed by atoms with Gasteiger partial charge in [0.15, 0.2) is 0 Å². The number of hydrogen-bond acceptors (Lipinski definition) is 2. The van der Waals surface area contributed by atoms with Gasteiger partial charge >= 0.3 is 0 Å². The van der Waals surface area contributed by atoms with E-state index in [-0.39, 0.29) is 11.3 Å². The van der Waals surface area contributed by atoms with E-state index in [1.54, 1.807) is 4.90 Å². The zero-order chi connectivity index (χ0) is 10.2. The van der Waals surface area contributed by atoms with Crippen molar-refractivity contribution in [2.45, 2.75) is 19.3 Å². The molecule has 1 spiro atoms. The minimum atomic E-state index is -0.267. The van der Waals surface area contributed by atoms with Gasteiger partial charge in [-0.25, -0.2) is 0 Å². The highest BCUT2D eigenvalue weighted by Gasteiger charge is 2.45. The molecule has 0 atom stereocenters. The lowest BCUT2D eigenvalue weighted by Gasteiger charge is -2.35. The highest BCUT2D eigenvalue weighted by Crippen LogP contribution is 2.40. The highest BCUT2D eigenvalue weighted by molar-refractivity contribution is 5.87. The number of carbonyl (C=O) groups excluding carboxylic acids is 2. The molecular weight excluding hydrogens is 180 g/mol. The van der Waals surface area contributed by atoms with E-state index >= 15 is 0 Å². The predicted molar refractivity (Wildman–Crippen MR) is 51.2 cm³/mol. The zero-order valence-corrected chi connectivity index (χ0v) is 8.08. The quantitative estimate of drug-likeness (QED) is 0.609. The number of carbonyl (C=O) groups is 2. The molecular formula is C10H14N2O2. The summed E-state index contributed by atoms with van der Waals surface area (Å²) in [6.45, 7) is 5.15. The first-order valence-corrected chi connectivity index (χ1v) is 4.85. The zero-order valence-electron chi connectivity index (χ0n) is 8.08. The molecule has 0 aliphatic carbocycles. The van der Waals surface area contributed by atoms with Gasteiger partial charge in [0.1, 0.15) is 0 Å². The van der Waals surface area contributed by atoms with Crippen molar-refractivity contribution in [2.24, 2.45) is 5.41 Å². The fraction of sp³-hybridized carbons (Fsp3) is 0.600. The third-order valence-corrected chi connectivity index (χ3v) is 3.23. The van der Waals surface area contributed by atoms with E-state index in [2.05, 4.69) is 11.9 Å². The monoisotopic (exact) mass is 194 g/mol. The number of piperidine rings is 1. The first kappa shape index (κ1) is 9.24. The maximum absolute atomic E-state index is 11.7. The number of rotatable bonds is 1. The molecule has 2 amide bonds. The summed E-state index contributed by atoms with van der Waals surface area (Å²) in [5.74, 6) is 0.0908. The molecule has 1 N–H and O–H groups in total. The van der Waals surface area contributed by atoms with E-state index in [9.17, 15) is 9.59 Å². The SMILES string of the molecule is C=C1CC2(CCN(C=O)CC2)C(=O)N1. The average Bonchev–Trinajstić information content (AvgIpc) is 2.43. The van der Waals surface area contributed by atoms with Gasteiger partial charge in [0.2, 0.25) is 12.3 Å². The first-order valence-electron chi connectivity index (χ1n) is 4.85. The van der Waals surface area contributed by atoms with Gasteiger partial charge in [-0.15, -0.1) is 0 Å². The third kappa shape index (κ3) is 1.31. The van der Waals surface area contributed by atoms with Crippen LogP contribution in [0.5, 0.6) is 0 Å². The van der Waals surface area contributed by atoms with Crippen molar-refractivity contribution in [3.63, 3.8) is 0 Å². The summed E-state index contributed by atoms with van der Waals surface area (Å²) < 4.78 is 0. The fourth-order valence-electron chi connectivity index (χ4n) is 2.29. The van der Waals surface area contributed by atoms with Crippen molar-refractivity contribution < 1.29 is 9.59 Å². The second-order valence-electron chi connectivity index (χ2n) is 4.16. The number of amides is 2. The molecule has 4 heteroatoms. The smallest absolute Gasteiger partial charge is 0.230 e. The molecule has 2 rings (SSSR count). The molecule has 0 saturated carbocycles. The Balaban J connectivity index is 2.09. The maximum atomic E-state index is 11.7. The van der Waals surface area contributed by atoms with Gasteiger partial charge in [-0.05, 0) is 12.8 Å². The molecule has 0 radical (unpaired) electrons. The normalized spacial score (nSPS) is 25.3. The minimum absolute atomic E-state index is 0.0908. The van der Waals surface area contributed by atoms with E-state index in [1.807, 2.05) is 0 Å². The molecule has 2 fully saturated rings. The number of hydrogen-bond donors (Lipinski definition) is 1. The summed E-state index contributed by atoms with van der Waals surface area (Å²) in [5, 5.41) is 2.77. The van der Waals surface area contributed by atoms with Gasteiger partial charge in [-0.1, -0.05) is 6.58 Å². The average molecular weight is 194 g/mol. The van der Waals surface area contributed by atoms with E-state index < -0.39 is 0 Å². The summed E-state index contributed by atoms with van der Waals surface area (Å²) in [5.41, 5.74) is 0.547. The third-order valence-electron chi connectivity index (χ3n) is 3.23. The van der Waals surface area contributed by atoms with Gasteiger partial charge < -0.3 is 10.2 Å². The Hall–Kier alpha value is -1.32. The van der Waals surface area contributed by atoms with E-state index in [1.165, 1.54) is 0 Å². The van der Waals surface area contributed by atoms with Gasteiger partial charge in [0.05, 0.1) is 5.41 Å². The van der Waals surface area contributed by atoms with Gasteiger partial charge in [-0.2, -0.15) is 0 Å². The standard InChI is InChI=1S/C10H14N2O2/c1-8-6-10(9(14)11-8)2-4-12(7-13)5-3-10/h7H,1-6H2,(H,11,14). The molecule has 0 bridgehead atoms. The Morgan fingerprint density at radius 2 is 2.07 bits per heavy atom. The first-order chi connectivity index (χ1) is 6.66. The highest BCUT2D eigenvalue weighted by atomic mass is 16.2. The molecule has 4 nitrogen and oxygen atoms in total. The summed E-state index contributed by atoms with van der Waals surface area (Å²) in [6.07, 6.45) is 3.11. The number of likely N-dealkylation sites (tertiary alicyclic amines) is 1. The van der Waals surface area contributed by atoms with Crippen LogP contribution in [-0.2, 0) is 9.59 Å². The van der Waals surface area contributed by atoms with Crippen molar-refractivity contribution in [2.75, 3.05) is 13.1 Å². The second kappa shape index (κ2) is 3.12. The lowest BCUT2D eigenvalue weighted by Crippen LogP contribution is -2.43. The van der Waals surface area contributed by atoms with E-state index in [0.29, 0.717) is 13.1 Å². The molecule has 2 saturated heterocycles. The Labute approximate surface area is 83.0 Å². The topological polar surface area (TPSA) is 49.4 Å². The summed E-state index contributed by atoms with van der Waals surface area (Å²) in [4.78, 5) is 23.9. The van der Waals surface area contributed by atoms with Crippen LogP contribution in [0.1, 0.15) is 19.3 Å². The molecule has 2 aliphatic rings. The Morgan fingerprint density at radius 1 is 1.43 bits per heavy atom. The summed E-state index contributed by atoms with van der Waals surface area (Å²) in [6, 6.07) is 0. The Morgan fingerprint density at radius 3 is 2.50 bits per heavy atom. The van der Waals surface area contributed by atoms with E-state index in [0.717, 1.165) is 31.4 Å². The van der Waals surface area contributed by atoms with Crippen LogP contribution in [0, 0.1) is 5.41 Å². The largest absolute Gasteiger partial charge is 0.345 e. The van der Waals surface area contributed by atoms with Crippen LogP contribution in [0.2, 0.25) is 0 Å².